The number of amides is 1. The van der Waals surface area contributed by atoms with Crippen molar-refractivity contribution >= 4 is 18.2 Å². The van der Waals surface area contributed by atoms with Gasteiger partial charge in [-0.25, -0.2) is 0 Å². The van der Waals surface area contributed by atoms with Crippen LogP contribution in [0.15, 0.2) is 9.98 Å². The van der Waals surface area contributed by atoms with Gasteiger partial charge in [-0.1, -0.05) is 0 Å². The molecule has 0 saturated carbocycles. The van der Waals surface area contributed by atoms with Gasteiger partial charge in [-0.15, -0.1) is 0 Å². The van der Waals surface area contributed by atoms with Gasteiger partial charge in [0.1, 0.15) is 24.5 Å². The molecule has 0 bridgehead atoms. The Labute approximate surface area is 138 Å². The normalized spacial score (nSPS) is 41.8. The lowest BCUT2D eigenvalue weighted by molar-refractivity contribution is -0.137. The summed E-state index contributed by atoms with van der Waals surface area (Å²) in [6, 6.07) is 0. The summed E-state index contributed by atoms with van der Waals surface area (Å²) < 4.78 is 10.7. The summed E-state index contributed by atoms with van der Waals surface area (Å²) >= 11 is 0. The van der Waals surface area contributed by atoms with Crippen LogP contribution in [0.5, 0.6) is 0 Å². The predicted octanol–water partition coefficient (Wildman–Crippen LogP) is -3.73. The Kier molecular flexibility index (Phi) is 4.21. The summed E-state index contributed by atoms with van der Waals surface area (Å²) in [5, 5.41) is 29.5. The van der Waals surface area contributed by atoms with Crippen molar-refractivity contribution in [2.75, 3.05) is 27.4 Å². The van der Waals surface area contributed by atoms with Gasteiger partial charge in [0.2, 0.25) is 11.5 Å². The summed E-state index contributed by atoms with van der Waals surface area (Å²) in [7, 11) is 3.06. The van der Waals surface area contributed by atoms with E-state index >= 15 is 0 Å². The average molecular weight is 343 g/mol. The van der Waals surface area contributed by atoms with E-state index in [2.05, 4.69) is 9.98 Å². The molecule has 3 aliphatic heterocycles. The summed E-state index contributed by atoms with van der Waals surface area (Å²) in [5.41, 5.74) is 4.45. The minimum absolute atomic E-state index is 0.000952. The number of aliphatic hydroxyl groups is 3. The van der Waals surface area contributed by atoms with Crippen LogP contribution < -0.4 is 5.73 Å². The zero-order chi connectivity index (χ0) is 17.6. The fraction of sp³-hybridized carbons (Fsp3) is 0.769. The smallest absolute Gasteiger partial charge is 0.283 e. The van der Waals surface area contributed by atoms with Gasteiger partial charge in [-0.3, -0.25) is 9.79 Å². The molecule has 1 saturated heterocycles. The lowest BCUT2D eigenvalue weighted by Gasteiger charge is -2.45. The van der Waals surface area contributed by atoms with E-state index in [4.69, 9.17) is 15.2 Å². The number of aliphatic imine (C=N–C) groups is 2. The van der Waals surface area contributed by atoms with Crippen molar-refractivity contribution in [3.05, 3.63) is 0 Å². The molecule has 2 unspecified atom stereocenters. The minimum Gasteiger partial charge on any atom is -0.394 e. The van der Waals surface area contributed by atoms with Gasteiger partial charge in [-0.2, -0.15) is 4.99 Å². The van der Waals surface area contributed by atoms with Crippen LogP contribution in [0.2, 0.25) is 0 Å². The molecule has 6 atom stereocenters. The van der Waals surface area contributed by atoms with E-state index in [0.717, 1.165) is 0 Å². The van der Waals surface area contributed by atoms with E-state index in [9.17, 15) is 20.1 Å². The van der Waals surface area contributed by atoms with Crippen molar-refractivity contribution < 1.29 is 29.6 Å². The molecule has 3 heterocycles. The van der Waals surface area contributed by atoms with Crippen LogP contribution >= 0.6 is 0 Å². The van der Waals surface area contributed by atoms with Crippen LogP contribution in [-0.4, -0.2) is 107 Å². The Bertz CT molecular complexity index is 585. The van der Waals surface area contributed by atoms with Crippen LogP contribution in [0.3, 0.4) is 0 Å². The van der Waals surface area contributed by atoms with Gasteiger partial charge in [0.15, 0.2) is 6.23 Å². The lowest BCUT2D eigenvalue weighted by atomic mass is 9.93. The third kappa shape index (κ3) is 2.20. The van der Waals surface area contributed by atoms with Gasteiger partial charge in [0, 0.05) is 14.2 Å². The Balaban J connectivity index is 1.96. The lowest BCUT2D eigenvalue weighted by Crippen LogP contribution is -2.68. The third-order valence-electron chi connectivity index (χ3n) is 4.62. The van der Waals surface area contributed by atoms with Crippen molar-refractivity contribution in [2.45, 2.75) is 36.2 Å². The van der Waals surface area contributed by atoms with Crippen molar-refractivity contribution in [1.29, 1.82) is 0 Å². The average Bonchev–Trinajstić information content (AvgIpc) is 3.06. The van der Waals surface area contributed by atoms with Gasteiger partial charge < -0.3 is 40.3 Å². The molecule has 1 fully saturated rings. The number of carbonyl (C=O) groups is 1. The Morgan fingerprint density at radius 2 is 2.17 bits per heavy atom. The van der Waals surface area contributed by atoms with Crippen LogP contribution in [0, 0.1) is 0 Å². The maximum Gasteiger partial charge on any atom is 0.283 e. The van der Waals surface area contributed by atoms with E-state index in [0.29, 0.717) is 0 Å². The standard InChI is InChI=1S/C13H21N5O6/c1-17-11-13(4-23-2,10(22)16-12(17)14)15-5-18(11)9-8(21)7(20)6(3-19)24-9/h5-9,11,19-21H,3-4H2,1-2H3,(H2,14,16,22)/t6-,7-,8-,9-,11?,13?/m1/s1. The molecule has 1 amide bonds. The number of nitrogens with two attached hydrogens (primary N) is 1. The number of rotatable bonds is 4. The third-order valence-corrected chi connectivity index (χ3v) is 4.62. The van der Waals surface area contributed by atoms with Gasteiger partial charge in [0.25, 0.3) is 5.91 Å². The topological polar surface area (TPSA) is 153 Å². The van der Waals surface area contributed by atoms with Gasteiger partial charge in [0.05, 0.1) is 19.6 Å². The molecule has 0 aliphatic carbocycles. The first-order valence-electron chi connectivity index (χ1n) is 7.43. The van der Waals surface area contributed by atoms with E-state index in [-0.39, 0.29) is 12.6 Å². The molecule has 0 aromatic heterocycles. The molecule has 24 heavy (non-hydrogen) atoms. The molecule has 3 rings (SSSR count). The maximum absolute atomic E-state index is 12.5. The van der Waals surface area contributed by atoms with Crippen LogP contribution in [-0.2, 0) is 14.3 Å². The molecular formula is C13H21N5O6. The van der Waals surface area contributed by atoms with Crippen LogP contribution in [0.4, 0.5) is 0 Å². The molecule has 11 heteroatoms. The van der Waals surface area contributed by atoms with E-state index in [1.165, 1.54) is 23.2 Å². The van der Waals surface area contributed by atoms with Crippen molar-refractivity contribution in [3.8, 4) is 0 Å². The number of hydrogen-bond donors (Lipinski definition) is 4. The highest BCUT2D eigenvalue weighted by molar-refractivity contribution is 6.02. The summed E-state index contributed by atoms with van der Waals surface area (Å²) in [6.07, 6.45) is -3.90. The first-order chi connectivity index (χ1) is 11.4. The number of ether oxygens (including phenoxy) is 2. The summed E-state index contributed by atoms with van der Waals surface area (Å²) in [5.74, 6) is -0.561. The van der Waals surface area contributed by atoms with Crippen molar-refractivity contribution in [1.82, 2.24) is 9.80 Å². The van der Waals surface area contributed by atoms with Crippen LogP contribution in [0.1, 0.15) is 0 Å². The SMILES string of the molecule is COCC12N=CN([C@@H]3O[C@H](CO)[C@@H](O)[C@H]3O)C1N(C)C(N)=NC2=O. The maximum atomic E-state index is 12.5. The number of nitrogens with zero attached hydrogens (tertiary/aromatic N) is 4. The van der Waals surface area contributed by atoms with E-state index in [1.807, 2.05) is 0 Å². The summed E-state index contributed by atoms with van der Waals surface area (Å²) in [6.45, 7) is -0.495. The molecule has 5 N–H and O–H groups in total. The molecule has 0 aromatic carbocycles. The van der Waals surface area contributed by atoms with Crippen molar-refractivity contribution in [3.63, 3.8) is 0 Å². The predicted molar refractivity (Wildman–Crippen MR) is 80.9 cm³/mol. The molecule has 11 nitrogen and oxygen atoms in total. The number of likely N-dealkylation sites (N-methyl/N-ethyl adjacent to an activating group) is 1. The van der Waals surface area contributed by atoms with E-state index < -0.39 is 48.8 Å². The number of carbonyl (C=O) groups excluding carboxylic acids is 1. The summed E-state index contributed by atoms with van der Waals surface area (Å²) in [4.78, 5) is 23.5. The zero-order valence-corrected chi connectivity index (χ0v) is 13.3. The number of aliphatic hydroxyl groups excluding tert-OH is 3. The second kappa shape index (κ2) is 5.93. The largest absolute Gasteiger partial charge is 0.394 e. The van der Waals surface area contributed by atoms with E-state index in [1.54, 1.807) is 7.05 Å². The molecule has 134 valence electrons. The Morgan fingerprint density at radius 1 is 1.46 bits per heavy atom. The highest BCUT2D eigenvalue weighted by Gasteiger charge is 2.60. The highest BCUT2D eigenvalue weighted by Crippen LogP contribution is 2.37. The molecule has 0 spiro atoms. The number of hydrogen-bond acceptors (Lipinski definition) is 10. The second-order valence-corrected chi connectivity index (χ2v) is 6.04. The van der Waals surface area contributed by atoms with Gasteiger partial charge >= 0.3 is 0 Å². The first-order valence-corrected chi connectivity index (χ1v) is 7.43. The fourth-order valence-corrected chi connectivity index (χ4v) is 3.36. The number of methoxy groups -OCH3 is 1. The quantitative estimate of drug-likeness (QED) is 0.403. The highest BCUT2D eigenvalue weighted by atomic mass is 16.6. The first kappa shape index (κ1) is 17.0. The fourth-order valence-electron chi connectivity index (χ4n) is 3.36. The zero-order valence-electron chi connectivity index (χ0n) is 13.3. The van der Waals surface area contributed by atoms with Crippen molar-refractivity contribution in [2.24, 2.45) is 15.7 Å². The second-order valence-electron chi connectivity index (χ2n) is 6.04. The minimum atomic E-state index is -1.35. The monoisotopic (exact) mass is 343 g/mol. The number of guanidine groups is 1. The Hall–Kier alpha value is -1.79. The molecule has 0 radical (unpaired) electrons. The Morgan fingerprint density at radius 3 is 2.75 bits per heavy atom. The molecule has 3 aliphatic rings. The molecular weight excluding hydrogens is 322 g/mol. The van der Waals surface area contributed by atoms with Gasteiger partial charge in [-0.05, 0) is 0 Å². The van der Waals surface area contributed by atoms with Crippen LogP contribution in [0.25, 0.3) is 0 Å². The number of fused-ring (bicyclic) bond motifs is 1. The molecule has 0 aromatic rings.